The van der Waals surface area contributed by atoms with E-state index in [4.69, 9.17) is 9.47 Å². The Labute approximate surface area is 206 Å². The molecule has 0 N–H and O–H groups in total. The monoisotopic (exact) mass is 478 g/mol. The lowest BCUT2D eigenvalue weighted by Gasteiger charge is -2.27. The van der Waals surface area contributed by atoms with Crippen LogP contribution in [-0.2, 0) is 22.3 Å². The number of rotatable bonds is 10. The molecular formula is C25H34N8O2. The number of anilines is 2. The van der Waals surface area contributed by atoms with Gasteiger partial charge in [0.15, 0.2) is 5.79 Å². The standard InChI is InChI=1S/C25H34N8O2/c1-25(2)34-23(21(28-30-26)15-17-9-7-11-19(13-17)32(3)4)24(35-25)22(29-31-27)16-18-10-8-12-20(14-18)33(5)6/h7-14,21-24H,15-16H2,1-6H3/t21-,22-,23+,24+/m1/s1. The molecule has 0 radical (unpaired) electrons. The van der Waals surface area contributed by atoms with Gasteiger partial charge in [-0.3, -0.25) is 0 Å². The lowest BCUT2D eigenvalue weighted by Crippen LogP contribution is -2.42. The molecule has 1 fully saturated rings. The Morgan fingerprint density at radius 2 is 1.20 bits per heavy atom. The van der Waals surface area contributed by atoms with Crippen molar-refractivity contribution in [3.63, 3.8) is 0 Å². The van der Waals surface area contributed by atoms with Gasteiger partial charge in [-0.1, -0.05) is 34.5 Å². The van der Waals surface area contributed by atoms with Crippen molar-refractivity contribution in [1.82, 2.24) is 0 Å². The predicted octanol–water partition coefficient (Wildman–Crippen LogP) is 5.48. The maximum absolute atomic E-state index is 9.36. The number of hydrogen-bond acceptors (Lipinski definition) is 6. The van der Waals surface area contributed by atoms with E-state index in [9.17, 15) is 11.1 Å². The van der Waals surface area contributed by atoms with Crippen LogP contribution in [0, 0.1) is 0 Å². The van der Waals surface area contributed by atoms with Crippen LogP contribution >= 0.6 is 0 Å². The van der Waals surface area contributed by atoms with Crippen molar-refractivity contribution < 1.29 is 9.47 Å². The summed E-state index contributed by atoms with van der Waals surface area (Å²) in [4.78, 5) is 10.3. The van der Waals surface area contributed by atoms with E-state index in [-0.39, 0.29) is 0 Å². The largest absolute Gasteiger partial charge is 0.378 e. The molecule has 10 nitrogen and oxygen atoms in total. The molecule has 1 aliphatic rings. The Balaban J connectivity index is 1.93. The highest BCUT2D eigenvalue weighted by molar-refractivity contribution is 5.48. The van der Waals surface area contributed by atoms with Gasteiger partial charge >= 0.3 is 0 Å². The molecule has 10 heteroatoms. The molecule has 186 valence electrons. The lowest BCUT2D eigenvalue weighted by atomic mass is 9.92. The van der Waals surface area contributed by atoms with Gasteiger partial charge in [0, 0.05) is 49.4 Å². The summed E-state index contributed by atoms with van der Waals surface area (Å²) in [5.74, 6) is -0.918. The van der Waals surface area contributed by atoms with Gasteiger partial charge in [0.25, 0.3) is 0 Å². The Bertz CT molecular complexity index is 1020. The zero-order valence-electron chi connectivity index (χ0n) is 21.2. The number of nitrogens with zero attached hydrogens (tertiary/aromatic N) is 8. The Kier molecular flexibility index (Phi) is 8.48. The van der Waals surface area contributed by atoms with Crippen LogP contribution in [0.15, 0.2) is 58.8 Å². The molecule has 2 aromatic rings. The smallest absolute Gasteiger partial charge is 0.163 e. The minimum atomic E-state index is -0.918. The van der Waals surface area contributed by atoms with Crippen LogP contribution in [0.1, 0.15) is 25.0 Å². The summed E-state index contributed by atoms with van der Waals surface area (Å²) in [5, 5.41) is 8.20. The van der Waals surface area contributed by atoms with Crippen LogP contribution in [0.25, 0.3) is 20.9 Å². The van der Waals surface area contributed by atoms with Gasteiger partial charge in [-0.05, 0) is 73.1 Å². The molecule has 0 amide bonds. The summed E-state index contributed by atoms with van der Waals surface area (Å²) in [5.41, 5.74) is 22.9. The molecular weight excluding hydrogens is 444 g/mol. The van der Waals surface area contributed by atoms with Gasteiger partial charge in [-0.2, -0.15) is 0 Å². The van der Waals surface area contributed by atoms with Crippen molar-refractivity contribution in [2.24, 2.45) is 10.2 Å². The lowest BCUT2D eigenvalue weighted by molar-refractivity contribution is -0.149. The maximum atomic E-state index is 9.36. The normalized spacial score (nSPS) is 20.3. The molecule has 1 saturated heterocycles. The molecule has 0 aliphatic carbocycles. The van der Waals surface area contributed by atoms with Gasteiger partial charge in [-0.15, -0.1) is 0 Å². The second kappa shape index (κ2) is 11.3. The summed E-state index contributed by atoms with van der Waals surface area (Å²) in [6.07, 6.45) is -0.246. The third-order valence-corrected chi connectivity index (χ3v) is 6.07. The fourth-order valence-corrected chi connectivity index (χ4v) is 4.40. The summed E-state index contributed by atoms with van der Waals surface area (Å²) >= 11 is 0. The molecule has 0 saturated carbocycles. The Morgan fingerprint density at radius 1 is 0.800 bits per heavy atom. The average molecular weight is 479 g/mol. The van der Waals surface area contributed by atoms with E-state index >= 15 is 0 Å². The van der Waals surface area contributed by atoms with Crippen molar-refractivity contribution in [1.29, 1.82) is 0 Å². The third kappa shape index (κ3) is 6.81. The van der Waals surface area contributed by atoms with Crippen LogP contribution in [0.3, 0.4) is 0 Å². The quantitative estimate of drug-likeness (QED) is 0.255. The van der Waals surface area contributed by atoms with Crippen LogP contribution in [0.4, 0.5) is 11.4 Å². The molecule has 0 bridgehead atoms. The zero-order valence-corrected chi connectivity index (χ0v) is 21.2. The molecule has 4 atom stereocenters. The molecule has 1 aliphatic heterocycles. The molecule has 0 spiro atoms. The van der Waals surface area contributed by atoms with Crippen molar-refractivity contribution in [2.45, 2.75) is 56.8 Å². The SMILES string of the molecule is CN(C)c1cccc(C[C@@H](N=[N+]=[N-])[C@@H]2OC(C)(C)O[C@H]2[C@@H](Cc2cccc(N(C)C)c2)N=[N+]=[N-])c1. The number of hydrogen-bond donors (Lipinski definition) is 0. The maximum Gasteiger partial charge on any atom is 0.163 e. The van der Waals surface area contributed by atoms with E-state index in [1.54, 1.807) is 0 Å². The van der Waals surface area contributed by atoms with E-state index in [1.807, 2.05) is 88.2 Å². The van der Waals surface area contributed by atoms with E-state index in [1.165, 1.54) is 0 Å². The van der Waals surface area contributed by atoms with Gasteiger partial charge in [0.1, 0.15) is 0 Å². The fraction of sp³-hybridized carbons (Fsp3) is 0.520. The minimum Gasteiger partial charge on any atom is -0.378 e. The van der Waals surface area contributed by atoms with Crippen molar-refractivity contribution in [3.8, 4) is 0 Å². The van der Waals surface area contributed by atoms with E-state index < -0.39 is 30.1 Å². The third-order valence-electron chi connectivity index (χ3n) is 6.07. The minimum absolute atomic E-state index is 0.464. The van der Waals surface area contributed by atoms with Crippen molar-refractivity contribution in [3.05, 3.63) is 80.5 Å². The Morgan fingerprint density at radius 3 is 1.54 bits per heavy atom. The van der Waals surface area contributed by atoms with Crippen molar-refractivity contribution in [2.75, 3.05) is 38.0 Å². The van der Waals surface area contributed by atoms with Crippen LogP contribution in [-0.4, -0.2) is 58.3 Å². The zero-order chi connectivity index (χ0) is 25.6. The van der Waals surface area contributed by atoms with Gasteiger partial charge in [0.05, 0.1) is 24.3 Å². The molecule has 0 aromatic heterocycles. The molecule has 1 heterocycles. The van der Waals surface area contributed by atoms with Gasteiger partial charge < -0.3 is 19.3 Å². The van der Waals surface area contributed by atoms with E-state index in [0.717, 1.165) is 22.5 Å². The highest BCUT2D eigenvalue weighted by Gasteiger charge is 2.48. The van der Waals surface area contributed by atoms with Crippen LogP contribution in [0.5, 0.6) is 0 Å². The Hall–Kier alpha value is -3.42. The highest BCUT2D eigenvalue weighted by Crippen LogP contribution is 2.36. The molecule has 35 heavy (non-hydrogen) atoms. The fourth-order valence-electron chi connectivity index (χ4n) is 4.40. The summed E-state index contributed by atoms with van der Waals surface area (Å²) in [6, 6.07) is 15.0. The summed E-state index contributed by atoms with van der Waals surface area (Å²) in [6.45, 7) is 3.64. The number of benzene rings is 2. The summed E-state index contributed by atoms with van der Waals surface area (Å²) < 4.78 is 12.5. The average Bonchev–Trinajstić information content (AvgIpc) is 3.14. The van der Waals surface area contributed by atoms with E-state index in [0.29, 0.717) is 12.8 Å². The number of azide groups is 2. The first-order valence-corrected chi connectivity index (χ1v) is 11.6. The summed E-state index contributed by atoms with van der Waals surface area (Å²) in [7, 11) is 7.91. The second-order valence-corrected chi connectivity index (χ2v) is 9.65. The predicted molar refractivity (Wildman–Crippen MR) is 139 cm³/mol. The topological polar surface area (TPSA) is 122 Å². The van der Waals surface area contributed by atoms with Gasteiger partial charge in [0.2, 0.25) is 0 Å². The highest BCUT2D eigenvalue weighted by atomic mass is 16.8. The first-order chi connectivity index (χ1) is 16.6. The second-order valence-electron chi connectivity index (χ2n) is 9.65. The molecule has 3 rings (SSSR count). The van der Waals surface area contributed by atoms with E-state index in [2.05, 4.69) is 32.2 Å². The first-order valence-electron chi connectivity index (χ1n) is 11.6. The van der Waals surface area contributed by atoms with Gasteiger partial charge in [-0.25, -0.2) is 0 Å². The molecule has 0 unspecified atom stereocenters. The van der Waals surface area contributed by atoms with Crippen LogP contribution < -0.4 is 9.80 Å². The van der Waals surface area contributed by atoms with Crippen LogP contribution in [0.2, 0.25) is 0 Å². The van der Waals surface area contributed by atoms with Crippen molar-refractivity contribution >= 4 is 11.4 Å². The number of ether oxygens (including phenoxy) is 2. The molecule has 2 aromatic carbocycles. The first kappa shape index (κ1) is 26.2.